The van der Waals surface area contributed by atoms with Crippen LogP contribution in [-0.2, 0) is 0 Å². The van der Waals surface area contributed by atoms with E-state index in [9.17, 15) is 14.7 Å². The summed E-state index contributed by atoms with van der Waals surface area (Å²) >= 11 is 0. The molecule has 3 aromatic carbocycles. The molecule has 0 unspecified atom stereocenters. The van der Waals surface area contributed by atoms with Gasteiger partial charge in [-0.3, -0.25) is 0 Å². The van der Waals surface area contributed by atoms with Crippen molar-refractivity contribution in [2.75, 3.05) is 0 Å². The van der Waals surface area contributed by atoms with Gasteiger partial charge in [-0.25, -0.2) is 9.59 Å². The van der Waals surface area contributed by atoms with E-state index in [4.69, 9.17) is 8.83 Å². The van der Waals surface area contributed by atoms with Gasteiger partial charge in [0.05, 0.1) is 10.8 Å². The van der Waals surface area contributed by atoms with Gasteiger partial charge >= 0.3 is 11.3 Å². The first-order chi connectivity index (χ1) is 11.1. The Morgan fingerprint density at radius 3 is 2.09 bits per heavy atom. The molecule has 0 radical (unpaired) electrons. The van der Waals surface area contributed by atoms with Crippen LogP contribution in [0.1, 0.15) is 0 Å². The molecule has 23 heavy (non-hydrogen) atoms. The third-order valence-corrected chi connectivity index (χ3v) is 4.22. The summed E-state index contributed by atoms with van der Waals surface area (Å²) in [5, 5.41) is 13.2. The lowest BCUT2D eigenvalue weighted by Gasteiger charge is -2.10. The van der Waals surface area contributed by atoms with E-state index >= 15 is 0 Å². The SMILES string of the molecule is O=c1oc(=O)c2ccc3c4cc(O)ccc4oc4ccc1c2c43. The van der Waals surface area contributed by atoms with Crippen LogP contribution in [0.15, 0.2) is 60.9 Å². The summed E-state index contributed by atoms with van der Waals surface area (Å²) in [5.74, 6) is 0.117. The monoisotopic (exact) mass is 304 g/mol. The molecule has 5 rings (SSSR count). The van der Waals surface area contributed by atoms with E-state index in [2.05, 4.69) is 0 Å². The molecule has 0 spiro atoms. The summed E-state index contributed by atoms with van der Waals surface area (Å²) in [6, 6.07) is 11.6. The lowest BCUT2D eigenvalue weighted by atomic mass is 9.97. The van der Waals surface area contributed by atoms with Crippen LogP contribution in [0.2, 0.25) is 0 Å². The minimum Gasteiger partial charge on any atom is -0.508 e. The second-order valence-electron chi connectivity index (χ2n) is 5.48. The van der Waals surface area contributed by atoms with Crippen molar-refractivity contribution in [2.45, 2.75) is 0 Å². The third kappa shape index (κ3) is 1.46. The van der Waals surface area contributed by atoms with Crippen molar-refractivity contribution in [1.82, 2.24) is 0 Å². The van der Waals surface area contributed by atoms with Gasteiger partial charge in [0.15, 0.2) is 0 Å². The lowest BCUT2D eigenvalue weighted by molar-refractivity contribution is 0.475. The molecular formula is C18H8O5. The summed E-state index contributed by atoms with van der Waals surface area (Å²) in [7, 11) is 0. The van der Waals surface area contributed by atoms with Gasteiger partial charge < -0.3 is 13.9 Å². The van der Waals surface area contributed by atoms with Crippen molar-refractivity contribution in [3.63, 3.8) is 0 Å². The first-order valence-corrected chi connectivity index (χ1v) is 7.01. The van der Waals surface area contributed by atoms with Crippen molar-refractivity contribution in [3.05, 3.63) is 63.3 Å². The Bertz CT molecular complexity index is 1330. The number of hydrogen-bond acceptors (Lipinski definition) is 5. The van der Waals surface area contributed by atoms with Gasteiger partial charge in [-0.1, -0.05) is 6.07 Å². The molecule has 0 saturated heterocycles. The fourth-order valence-electron chi connectivity index (χ4n) is 3.24. The Morgan fingerprint density at radius 1 is 0.652 bits per heavy atom. The Balaban J connectivity index is 2.23. The summed E-state index contributed by atoms with van der Waals surface area (Å²) in [6.45, 7) is 0. The number of aromatic hydroxyl groups is 1. The maximum Gasteiger partial charge on any atom is 0.346 e. The van der Waals surface area contributed by atoms with Gasteiger partial charge in [0.2, 0.25) is 0 Å². The van der Waals surface area contributed by atoms with E-state index in [1.165, 1.54) is 0 Å². The van der Waals surface area contributed by atoms with Crippen molar-refractivity contribution in [3.8, 4) is 5.75 Å². The van der Waals surface area contributed by atoms with E-state index < -0.39 is 11.3 Å². The average molecular weight is 304 g/mol. The highest BCUT2D eigenvalue weighted by molar-refractivity contribution is 6.26. The van der Waals surface area contributed by atoms with Crippen molar-refractivity contribution < 1.29 is 13.9 Å². The van der Waals surface area contributed by atoms with Crippen LogP contribution in [0.4, 0.5) is 0 Å². The predicted molar refractivity (Wildman–Crippen MR) is 86.4 cm³/mol. The second kappa shape index (κ2) is 3.89. The maximum atomic E-state index is 12.0. The van der Waals surface area contributed by atoms with Crippen LogP contribution >= 0.6 is 0 Å². The van der Waals surface area contributed by atoms with Gasteiger partial charge in [-0.2, -0.15) is 0 Å². The van der Waals surface area contributed by atoms with Gasteiger partial charge in [0.1, 0.15) is 16.9 Å². The highest BCUT2D eigenvalue weighted by atomic mass is 16.4. The number of phenolic OH excluding ortho intramolecular Hbond substituents is 1. The normalized spacial score (nSPS) is 12.0. The second-order valence-corrected chi connectivity index (χ2v) is 5.48. The van der Waals surface area contributed by atoms with Crippen LogP contribution < -0.4 is 11.3 Å². The summed E-state index contributed by atoms with van der Waals surface area (Å²) in [6.07, 6.45) is 0. The largest absolute Gasteiger partial charge is 0.508 e. The van der Waals surface area contributed by atoms with Gasteiger partial charge in [-0.15, -0.1) is 0 Å². The highest BCUT2D eigenvalue weighted by Gasteiger charge is 2.17. The molecule has 5 nitrogen and oxygen atoms in total. The summed E-state index contributed by atoms with van der Waals surface area (Å²) < 4.78 is 10.6. The van der Waals surface area contributed by atoms with Gasteiger partial charge in [0.25, 0.3) is 0 Å². The van der Waals surface area contributed by atoms with E-state index in [1.54, 1.807) is 42.5 Å². The van der Waals surface area contributed by atoms with E-state index in [-0.39, 0.29) is 5.75 Å². The van der Waals surface area contributed by atoms with Crippen molar-refractivity contribution in [2.24, 2.45) is 0 Å². The lowest BCUT2D eigenvalue weighted by Crippen LogP contribution is -2.12. The number of fused-ring (bicyclic) bond motifs is 2. The Morgan fingerprint density at radius 2 is 1.30 bits per heavy atom. The van der Waals surface area contributed by atoms with Crippen molar-refractivity contribution >= 4 is 43.5 Å². The van der Waals surface area contributed by atoms with E-state index in [1.807, 2.05) is 0 Å². The molecule has 0 aliphatic rings. The molecule has 0 saturated carbocycles. The molecular weight excluding hydrogens is 296 g/mol. The fourth-order valence-corrected chi connectivity index (χ4v) is 3.24. The van der Waals surface area contributed by atoms with Crippen LogP contribution in [0.3, 0.4) is 0 Å². The van der Waals surface area contributed by atoms with Crippen LogP contribution in [0, 0.1) is 0 Å². The zero-order chi connectivity index (χ0) is 15.7. The van der Waals surface area contributed by atoms with Crippen molar-refractivity contribution in [1.29, 1.82) is 0 Å². The highest BCUT2D eigenvalue weighted by Crippen LogP contribution is 2.37. The summed E-state index contributed by atoms with van der Waals surface area (Å²) in [4.78, 5) is 24.0. The quantitative estimate of drug-likeness (QED) is 0.350. The Kier molecular flexibility index (Phi) is 2.07. The molecule has 0 aliphatic heterocycles. The number of hydrogen-bond donors (Lipinski definition) is 1. The number of phenols is 1. The first kappa shape index (κ1) is 12.2. The molecule has 5 aromatic rings. The number of rotatable bonds is 0. The minimum atomic E-state index is -0.659. The van der Waals surface area contributed by atoms with E-state index in [0.29, 0.717) is 38.1 Å². The predicted octanol–water partition coefficient (Wildman–Crippen LogP) is 3.35. The molecule has 110 valence electrons. The first-order valence-electron chi connectivity index (χ1n) is 7.01. The van der Waals surface area contributed by atoms with Gasteiger partial charge in [-0.05, 0) is 41.8 Å². The molecule has 5 heteroatoms. The minimum absolute atomic E-state index is 0.117. The fraction of sp³-hybridized carbons (Fsp3) is 0. The maximum absolute atomic E-state index is 12.0. The third-order valence-electron chi connectivity index (χ3n) is 4.22. The van der Waals surface area contributed by atoms with Crippen LogP contribution in [0.5, 0.6) is 5.75 Å². The standard InChI is InChI=1S/C18H8O5/c19-8-1-5-13-12(7-8)9-2-3-10-15-11(18(21)23-17(10)20)4-6-14(22-13)16(9)15/h1-7,19H. The molecule has 0 amide bonds. The topological polar surface area (TPSA) is 80.7 Å². The number of benzene rings is 3. The van der Waals surface area contributed by atoms with Crippen LogP contribution in [0.25, 0.3) is 43.5 Å². The zero-order valence-corrected chi connectivity index (χ0v) is 11.6. The molecule has 0 bridgehead atoms. The van der Waals surface area contributed by atoms with E-state index in [0.717, 1.165) is 5.39 Å². The van der Waals surface area contributed by atoms with Crippen LogP contribution in [-0.4, -0.2) is 5.11 Å². The molecule has 0 fully saturated rings. The molecule has 1 N–H and O–H groups in total. The summed E-state index contributed by atoms with van der Waals surface area (Å²) in [5.41, 5.74) is -0.134. The van der Waals surface area contributed by atoms with Gasteiger partial charge in [0, 0.05) is 16.2 Å². The zero-order valence-electron chi connectivity index (χ0n) is 11.6. The Labute approximate surface area is 127 Å². The molecule has 2 aromatic heterocycles. The molecule has 0 atom stereocenters. The Hall–Kier alpha value is -3.34. The molecule has 2 heterocycles. The average Bonchev–Trinajstić information content (AvgIpc) is 2.54. The smallest absolute Gasteiger partial charge is 0.346 e. The molecule has 0 aliphatic carbocycles.